The Morgan fingerprint density at radius 1 is 1.40 bits per heavy atom. The van der Waals surface area contributed by atoms with Gasteiger partial charge in [-0.1, -0.05) is 12.1 Å². The van der Waals surface area contributed by atoms with Crippen molar-refractivity contribution in [2.24, 2.45) is 0 Å². The van der Waals surface area contributed by atoms with Crippen LogP contribution in [0.15, 0.2) is 12.1 Å². The quantitative estimate of drug-likeness (QED) is 0.792. The molecule has 82 valence electrons. The van der Waals surface area contributed by atoms with E-state index in [-0.39, 0.29) is 17.6 Å². The number of hydrogen-bond donors (Lipinski definition) is 1. The van der Waals surface area contributed by atoms with E-state index in [0.29, 0.717) is 17.7 Å². The second kappa shape index (κ2) is 5.12. The van der Waals surface area contributed by atoms with Gasteiger partial charge in [0, 0.05) is 6.54 Å². The summed E-state index contributed by atoms with van der Waals surface area (Å²) in [6.07, 6.45) is 0. The summed E-state index contributed by atoms with van der Waals surface area (Å²) >= 11 is 5.33. The van der Waals surface area contributed by atoms with Gasteiger partial charge in [-0.15, -0.1) is 11.6 Å². The molecule has 1 aromatic carbocycles. The maximum absolute atomic E-state index is 13.3. The van der Waals surface area contributed by atoms with Crippen molar-refractivity contribution >= 4 is 17.5 Å². The lowest BCUT2D eigenvalue weighted by Gasteiger charge is -2.07. The van der Waals surface area contributed by atoms with E-state index in [0.717, 1.165) is 5.56 Å². The van der Waals surface area contributed by atoms with E-state index in [1.807, 2.05) is 0 Å². The highest BCUT2D eigenvalue weighted by molar-refractivity contribution is 6.27. The molecule has 2 nitrogen and oxygen atoms in total. The summed E-state index contributed by atoms with van der Waals surface area (Å²) < 4.78 is 13.3. The molecule has 0 spiro atoms. The van der Waals surface area contributed by atoms with Gasteiger partial charge < -0.3 is 5.32 Å². The molecular weight excluding hydrogens is 217 g/mol. The van der Waals surface area contributed by atoms with Crippen LogP contribution in [0.2, 0.25) is 0 Å². The molecule has 0 saturated heterocycles. The van der Waals surface area contributed by atoms with Crippen molar-refractivity contribution in [2.45, 2.75) is 20.4 Å². The Balaban J connectivity index is 2.75. The summed E-state index contributed by atoms with van der Waals surface area (Å²) in [6.45, 7) is 3.79. The van der Waals surface area contributed by atoms with E-state index in [9.17, 15) is 9.18 Å². The number of benzene rings is 1. The second-order valence-electron chi connectivity index (χ2n) is 3.45. The molecule has 0 saturated carbocycles. The van der Waals surface area contributed by atoms with Crippen LogP contribution in [0.25, 0.3) is 0 Å². The first kappa shape index (κ1) is 12.0. The third kappa shape index (κ3) is 3.20. The van der Waals surface area contributed by atoms with Gasteiger partial charge in [0.15, 0.2) is 0 Å². The Labute approximate surface area is 93.4 Å². The zero-order valence-corrected chi connectivity index (χ0v) is 9.49. The molecule has 0 heterocycles. The number of alkyl halides is 1. The highest BCUT2D eigenvalue weighted by Crippen LogP contribution is 2.14. The fourth-order valence-corrected chi connectivity index (χ4v) is 1.48. The zero-order valence-electron chi connectivity index (χ0n) is 8.73. The molecule has 0 aromatic heterocycles. The number of carbonyl (C=O) groups excluding carboxylic acids is 1. The minimum Gasteiger partial charge on any atom is -0.351 e. The molecule has 0 radical (unpaired) electrons. The Morgan fingerprint density at radius 3 is 2.40 bits per heavy atom. The largest absolute Gasteiger partial charge is 0.351 e. The zero-order chi connectivity index (χ0) is 11.4. The van der Waals surface area contributed by atoms with Crippen molar-refractivity contribution in [3.8, 4) is 0 Å². The van der Waals surface area contributed by atoms with Gasteiger partial charge >= 0.3 is 0 Å². The Hall–Kier alpha value is -1.09. The maximum atomic E-state index is 13.3. The van der Waals surface area contributed by atoms with Gasteiger partial charge in [-0.2, -0.15) is 0 Å². The monoisotopic (exact) mass is 229 g/mol. The van der Waals surface area contributed by atoms with Crippen molar-refractivity contribution in [3.63, 3.8) is 0 Å². The molecule has 15 heavy (non-hydrogen) atoms. The summed E-state index contributed by atoms with van der Waals surface area (Å²) in [5, 5.41) is 2.63. The predicted octanol–water partition coefficient (Wildman–Crippen LogP) is 2.30. The number of halogens is 2. The molecule has 1 aromatic rings. The van der Waals surface area contributed by atoms with E-state index in [1.165, 1.54) is 0 Å². The molecule has 1 amide bonds. The van der Waals surface area contributed by atoms with Crippen molar-refractivity contribution in [1.29, 1.82) is 0 Å². The van der Waals surface area contributed by atoms with Crippen molar-refractivity contribution in [2.75, 3.05) is 5.88 Å². The lowest BCUT2D eigenvalue weighted by atomic mass is 10.1. The van der Waals surface area contributed by atoms with E-state index >= 15 is 0 Å². The minimum atomic E-state index is -0.226. The number of nitrogens with one attached hydrogen (secondary N) is 1. The Kier molecular flexibility index (Phi) is 4.09. The van der Waals surface area contributed by atoms with E-state index in [2.05, 4.69) is 5.32 Å². The average Bonchev–Trinajstić information content (AvgIpc) is 2.22. The van der Waals surface area contributed by atoms with Gasteiger partial charge in [-0.3, -0.25) is 4.79 Å². The molecule has 1 N–H and O–H groups in total. The van der Waals surface area contributed by atoms with Gasteiger partial charge in [0.05, 0.1) is 0 Å². The normalized spacial score (nSPS) is 10.1. The number of carbonyl (C=O) groups is 1. The van der Waals surface area contributed by atoms with Crippen LogP contribution in [0.4, 0.5) is 4.39 Å². The van der Waals surface area contributed by atoms with Crippen LogP contribution in [0.3, 0.4) is 0 Å². The van der Waals surface area contributed by atoms with Gasteiger partial charge in [-0.25, -0.2) is 4.39 Å². The van der Waals surface area contributed by atoms with Gasteiger partial charge in [-0.05, 0) is 30.5 Å². The highest BCUT2D eigenvalue weighted by Gasteiger charge is 2.05. The third-order valence-corrected chi connectivity index (χ3v) is 2.35. The standard InChI is InChI=1S/C11H13ClFNO/c1-7-3-9(4-8(2)11(7)13)6-14-10(15)5-12/h3-4H,5-6H2,1-2H3,(H,14,15). The molecule has 0 aliphatic rings. The molecule has 0 atom stereocenters. The lowest BCUT2D eigenvalue weighted by molar-refractivity contribution is -0.118. The fourth-order valence-electron chi connectivity index (χ4n) is 1.39. The number of rotatable bonds is 3. The van der Waals surface area contributed by atoms with Crippen LogP contribution in [-0.2, 0) is 11.3 Å². The molecule has 0 aliphatic heterocycles. The average molecular weight is 230 g/mol. The van der Waals surface area contributed by atoms with Crippen LogP contribution in [0.1, 0.15) is 16.7 Å². The Morgan fingerprint density at radius 2 is 1.93 bits per heavy atom. The van der Waals surface area contributed by atoms with Crippen LogP contribution in [0, 0.1) is 19.7 Å². The molecular formula is C11H13ClFNO. The Bertz CT molecular complexity index is 356. The maximum Gasteiger partial charge on any atom is 0.235 e. The van der Waals surface area contributed by atoms with Crippen molar-refractivity contribution < 1.29 is 9.18 Å². The predicted molar refractivity (Wildman–Crippen MR) is 58.4 cm³/mol. The number of amides is 1. The third-order valence-electron chi connectivity index (χ3n) is 2.11. The van der Waals surface area contributed by atoms with E-state index in [4.69, 9.17) is 11.6 Å². The van der Waals surface area contributed by atoms with Gasteiger partial charge in [0.2, 0.25) is 5.91 Å². The first-order valence-corrected chi connectivity index (χ1v) is 5.16. The smallest absolute Gasteiger partial charge is 0.235 e. The summed E-state index contributed by atoms with van der Waals surface area (Å²) in [5.74, 6) is -0.474. The molecule has 0 aliphatic carbocycles. The molecule has 4 heteroatoms. The highest BCUT2D eigenvalue weighted by atomic mass is 35.5. The fraction of sp³-hybridized carbons (Fsp3) is 0.364. The SMILES string of the molecule is Cc1cc(CNC(=O)CCl)cc(C)c1F. The van der Waals surface area contributed by atoms with Gasteiger partial charge in [0.25, 0.3) is 0 Å². The first-order valence-electron chi connectivity index (χ1n) is 4.63. The molecule has 0 unspecified atom stereocenters. The second-order valence-corrected chi connectivity index (χ2v) is 3.72. The lowest BCUT2D eigenvalue weighted by Crippen LogP contribution is -2.23. The molecule has 1 rings (SSSR count). The number of hydrogen-bond acceptors (Lipinski definition) is 1. The molecule has 0 fully saturated rings. The summed E-state index contributed by atoms with van der Waals surface area (Å²) in [6, 6.07) is 3.44. The topological polar surface area (TPSA) is 29.1 Å². The van der Waals surface area contributed by atoms with Crippen LogP contribution >= 0.6 is 11.6 Å². The summed E-state index contributed by atoms with van der Waals surface area (Å²) in [4.78, 5) is 10.9. The minimum absolute atomic E-state index is 0.0564. The van der Waals surface area contributed by atoms with Crippen LogP contribution in [0.5, 0.6) is 0 Å². The summed E-state index contributed by atoms with van der Waals surface area (Å²) in [7, 11) is 0. The van der Waals surface area contributed by atoms with E-state index in [1.54, 1.807) is 26.0 Å². The van der Waals surface area contributed by atoms with Crippen LogP contribution in [-0.4, -0.2) is 11.8 Å². The van der Waals surface area contributed by atoms with E-state index < -0.39 is 0 Å². The van der Waals surface area contributed by atoms with Gasteiger partial charge in [0.1, 0.15) is 11.7 Å². The summed E-state index contributed by atoms with van der Waals surface area (Å²) in [5.41, 5.74) is 2.06. The van der Waals surface area contributed by atoms with Crippen LogP contribution < -0.4 is 5.32 Å². The molecule has 0 bridgehead atoms. The van der Waals surface area contributed by atoms with Crippen molar-refractivity contribution in [1.82, 2.24) is 5.32 Å². The first-order chi connectivity index (χ1) is 7.04. The number of aryl methyl sites for hydroxylation is 2. The van der Waals surface area contributed by atoms with Crippen molar-refractivity contribution in [3.05, 3.63) is 34.6 Å².